The van der Waals surface area contributed by atoms with Crippen molar-refractivity contribution in [2.45, 2.75) is 46.6 Å². The van der Waals surface area contributed by atoms with Crippen LogP contribution in [0.25, 0.3) is 0 Å². The van der Waals surface area contributed by atoms with Crippen LogP contribution in [0.3, 0.4) is 0 Å². The topological polar surface area (TPSA) is 12.0 Å². The van der Waals surface area contributed by atoms with E-state index in [1.807, 2.05) is 0 Å². The molecule has 0 aliphatic heterocycles. The summed E-state index contributed by atoms with van der Waals surface area (Å²) < 4.78 is 0. The summed E-state index contributed by atoms with van der Waals surface area (Å²) in [6, 6.07) is 4.76. The van der Waals surface area contributed by atoms with Gasteiger partial charge >= 0.3 is 0 Å². The maximum absolute atomic E-state index is 5.48. The van der Waals surface area contributed by atoms with Crippen molar-refractivity contribution in [2.24, 2.45) is 0 Å². The van der Waals surface area contributed by atoms with Gasteiger partial charge in [0.25, 0.3) is 0 Å². The number of terminal acetylenes is 1. The lowest BCUT2D eigenvalue weighted by molar-refractivity contribution is 0.538. The first-order valence-electron chi connectivity index (χ1n) is 6.34. The molecule has 0 fully saturated rings. The summed E-state index contributed by atoms with van der Waals surface area (Å²) in [6.07, 6.45) is 7.36. The second kappa shape index (κ2) is 6.47. The van der Waals surface area contributed by atoms with Crippen molar-refractivity contribution in [1.82, 2.24) is 5.32 Å². The SMILES string of the molecule is C#CCC(NCCC)c1c(C)cc(C)cc1C. The van der Waals surface area contributed by atoms with E-state index >= 15 is 0 Å². The molecule has 1 rings (SSSR count). The number of benzene rings is 1. The maximum atomic E-state index is 5.48. The molecule has 0 spiro atoms. The van der Waals surface area contributed by atoms with Gasteiger partial charge in [0.2, 0.25) is 0 Å². The van der Waals surface area contributed by atoms with Crippen LogP contribution in [-0.4, -0.2) is 6.54 Å². The summed E-state index contributed by atoms with van der Waals surface area (Å²) in [6.45, 7) is 9.67. The summed E-state index contributed by atoms with van der Waals surface area (Å²) in [5, 5.41) is 3.55. The van der Waals surface area contributed by atoms with E-state index < -0.39 is 0 Å². The second-order valence-corrected chi connectivity index (χ2v) is 4.73. The third kappa shape index (κ3) is 3.61. The molecule has 0 heterocycles. The number of hydrogen-bond acceptors (Lipinski definition) is 1. The minimum absolute atomic E-state index is 0.292. The Balaban J connectivity index is 3.05. The quantitative estimate of drug-likeness (QED) is 0.760. The lowest BCUT2D eigenvalue weighted by Crippen LogP contribution is -2.23. The van der Waals surface area contributed by atoms with Gasteiger partial charge in [-0.25, -0.2) is 0 Å². The normalized spacial score (nSPS) is 12.2. The van der Waals surface area contributed by atoms with Gasteiger partial charge in [-0.1, -0.05) is 24.6 Å². The minimum atomic E-state index is 0.292. The monoisotopic (exact) mass is 229 g/mol. The molecule has 17 heavy (non-hydrogen) atoms. The van der Waals surface area contributed by atoms with E-state index in [-0.39, 0.29) is 0 Å². The molecule has 1 aromatic rings. The fourth-order valence-electron chi connectivity index (χ4n) is 2.45. The Morgan fingerprint density at radius 1 is 1.24 bits per heavy atom. The van der Waals surface area contributed by atoms with Crippen molar-refractivity contribution >= 4 is 0 Å². The van der Waals surface area contributed by atoms with E-state index in [9.17, 15) is 0 Å². The molecule has 0 aromatic heterocycles. The van der Waals surface area contributed by atoms with E-state index in [1.165, 1.54) is 22.3 Å². The Bertz CT molecular complexity index is 389. The van der Waals surface area contributed by atoms with Gasteiger partial charge in [-0.3, -0.25) is 0 Å². The smallest absolute Gasteiger partial charge is 0.0436 e. The number of nitrogens with one attached hydrogen (secondary N) is 1. The molecule has 1 unspecified atom stereocenters. The highest BCUT2D eigenvalue weighted by atomic mass is 14.9. The van der Waals surface area contributed by atoms with Crippen LogP contribution in [0, 0.1) is 33.1 Å². The van der Waals surface area contributed by atoms with Crippen LogP contribution >= 0.6 is 0 Å². The molecular weight excluding hydrogens is 206 g/mol. The summed E-state index contributed by atoms with van der Waals surface area (Å²) in [4.78, 5) is 0. The van der Waals surface area contributed by atoms with E-state index in [2.05, 4.69) is 51.1 Å². The second-order valence-electron chi connectivity index (χ2n) is 4.73. The molecule has 1 atom stereocenters. The van der Waals surface area contributed by atoms with Crippen LogP contribution in [0.5, 0.6) is 0 Å². The third-order valence-corrected chi connectivity index (χ3v) is 3.05. The van der Waals surface area contributed by atoms with Gasteiger partial charge in [0, 0.05) is 12.5 Å². The predicted molar refractivity (Wildman–Crippen MR) is 75.1 cm³/mol. The molecule has 1 nitrogen and oxygen atoms in total. The summed E-state index contributed by atoms with van der Waals surface area (Å²) >= 11 is 0. The molecule has 0 bridgehead atoms. The highest BCUT2D eigenvalue weighted by Crippen LogP contribution is 2.25. The van der Waals surface area contributed by atoms with E-state index in [4.69, 9.17) is 6.42 Å². The van der Waals surface area contributed by atoms with Crippen molar-refractivity contribution in [3.05, 3.63) is 34.4 Å². The maximum Gasteiger partial charge on any atom is 0.0436 e. The van der Waals surface area contributed by atoms with Crippen molar-refractivity contribution < 1.29 is 0 Å². The highest BCUT2D eigenvalue weighted by Gasteiger charge is 2.14. The Labute approximate surface area is 106 Å². The standard InChI is InChI=1S/C16H23N/c1-6-8-15(17-9-7-2)16-13(4)10-12(3)11-14(16)5/h1,10-11,15,17H,7-9H2,2-5H3. The lowest BCUT2D eigenvalue weighted by Gasteiger charge is -2.21. The largest absolute Gasteiger partial charge is 0.309 e. The van der Waals surface area contributed by atoms with Crippen LogP contribution in [0.15, 0.2) is 12.1 Å². The molecule has 0 radical (unpaired) electrons. The number of aryl methyl sites for hydroxylation is 3. The summed E-state index contributed by atoms with van der Waals surface area (Å²) in [5.74, 6) is 2.78. The Morgan fingerprint density at radius 3 is 2.29 bits per heavy atom. The zero-order valence-corrected chi connectivity index (χ0v) is 11.4. The fourth-order valence-corrected chi connectivity index (χ4v) is 2.45. The summed E-state index contributed by atoms with van der Waals surface area (Å²) in [7, 11) is 0. The molecule has 1 aromatic carbocycles. The average Bonchev–Trinajstić information content (AvgIpc) is 2.24. The van der Waals surface area contributed by atoms with Gasteiger partial charge in [0.15, 0.2) is 0 Å². The molecule has 1 heteroatoms. The van der Waals surface area contributed by atoms with Crippen LogP contribution in [0.1, 0.15) is 48.1 Å². The first-order valence-corrected chi connectivity index (χ1v) is 6.34. The van der Waals surface area contributed by atoms with Crippen LogP contribution < -0.4 is 5.32 Å². The molecule has 1 N–H and O–H groups in total. The third-order valence-electron chi connectivity index (χ3n) is 3.05. The van der Waals surface area contributed by atoms with Crippen molar-refractivity contribution in [3.63, 3.8) is 0 Å². The van der Waals surface area contributed by atoms with Crippen molar-refractivity contribution in [3.8, 4) is 12.3 Å². The summed E-state index contributed by atoms with van der Waals surface area (Å²) in [5.41, 5.74) is 5.37. The van der Waals surface area contributed by atoms with E-state index in [0.717, 1.165) is 19.4 Å². The van der Waals surface area contributed by atoms with Crippen LogP contribution in [-0.2, 0) is 0 Å². The number of rotatable bonds is 5. The van der Waals surface area contributed by atoms with E-state index in [1.54, 1.807) is 0 Å². The van der Waals surface area contributed by atoms with E-state index in [0.29, 0.717) is 6.04 Å². The molecule has 0 aliphatic carbocycles. The fraction of sp³-hybridized carbons (Fsp3) is 0.500. The van der Waals surface area contributed by atoms with Gasteiger partial charge < -0.3 is 5.32 Å². The van der Waals surface area contributed by atoms with Gasteiger partial charge in [-0.05, 0) is 50.4 Å². The molecular formula is C16H23N. The van der Waals surface area contributed by atoms with Gasteiger partial charge in [-0.2, -0.15) is 0 Å². The molecule has 0 saturated carbocycles. The average molecular weight is 229 g/mol. The lowest BCUT2D eigenvalue weighted by atomic mass is 9.92. The van der Waals surface area contributed by atoms with Gasteiger partial charge in [0.05, 0.1) is 0 Å². The van der Waals surface area contributed by atoms with Crippen LogP contribution in [0.2, 0.25) is 0 Å². The number of hydrogen-bond donors (Lipinski definition) is 1. The molecule has 0 aliphatic rings. The van der Waals surface area contributed by atoms with Crippen LogP contribution in [0.4, 0.5) is 0 Å². The molecule has 92 valence electrons. The predicted octanol–water partition coefficient (Wildman–Crippen LogP) is 3.68. The molecule has 0 amide bonds. The van der Waals surface area contributed by atoms with Crippen molar-refractivity contribution in [1.29, 1.82) is 0 Å². The Hall–Kier alpha value is -1.26. The van der Waals surface area contributed by atoms with Gasteiger partial charge in [0.1, 0.15) is 0 Å². The minimum Gasteiger partial charge on any atom is -0.309 e. The Kier molecular flexibility index (Phi) is 5.25. The van der Waals surface area contributed by atoms with Crippen molar-refractivity contribution in [2.75, 3.05) is 6.54 Å². The zero-order valence-electron chi connectivity index (χ0n) is 11.4. The first-order chi connectivity index (χ1) is 8.10. The first kappa shape index (κ1) is 13.8. The highest BCUT2D eigenvalue weighted by molar-refractivity contribution is 5.40. The van der Waals surface area contributed by atoms with Gasteiger partial charge in [-0.15, -0.1) is 12.3 Å². The molecule has 0 saturated heterocycles. The Morgan fingerprint density at radius 2 is 1.82 bits per heavy atom. The zero-order chi connectivity index (χ0) is 12.8.